The van der Waals surface area contributed by atoms with Gasteiger partial charge in [-0.1, -0.05) is 18.2 Å². The molecule has 3 amide bonds. The van der Waals surface area contributed by atoms with E-state index in [1.165, 1.54) is 18.2 Å². The number of amides is 3. The van der Waals surface area contributed by atoms with Crippen molar-refractivity contribution in [3.63, 3.8) is 0 Å². The van der Waals surface area contributed by atoms with Gasteiger partial charge in [0.2, 0.25) is 5.91 Å². The molecule has 9 heteroatoms. The van der Waals surface area contributed by atoms with Crippen LogP contribution in [0.5, 0.6) is 5.75 Å². The number of alkyl halides is 3. The summed E-state index contributed by atoms with van der Waals surface area (Å²) in [6, 6.07) is 10.9. The molecule has 0 atom stereocenters. The summed E-state index contributed by atoms with van der Waals surface area (Å²) in [5.41, 5.74) is 2.71. The molecule has 1 saturated carbocycles. The topological polar surface area (TPSA) is 61.9 Å². The summed E-state index contributed by atoms with van der Waals surface area (Å²) in [6.07, 6.45) is -2.33. The quantitative estimate of drug-likeness (QED) is 0.672. The Morgan fingerprint density at radius 3 is 2.66 bits per heavy atom. The van der Waals surface area contributed by atoms with E-state index in [1.54, 1.807) is 15.9 Å². The van der Waals surface area contributed by atoms with Crippen molar-refractivity contribution in [1.82, 2.24) is 4.90 Å². The first-order valence-electron chi connectivity index (χ1n) is 10.5. The number of urea groups is 1. The predicted molar refractivity (Wildman–Crippen MR) is 113 cm³/mol. The third kappa shape index (κ3) is 5.33. The highest BCUT2D eigenvalue weighted by atomic mass is 19.4. The van der Waals surface area contributed by atoms with Gasteiger partial charge in [-0.25, -0.2) is 4.79 Å². The number of hydrogen-bond acceptors (Lipinski definition) is 3. The standard InChI is InChI=1S/C23H24F3N3O3/c1-15-6-9-20(19(12-15)27-21(30)17-7-8-17)29-11-3-10-28(22(29)31)14-16-4-2-5-18(13-16)32-23(24,25)26/h2,4-6,9,12-13,17H,3,7-8,10-11,14H2,1H3,(H,27,30). The summed E-state index contributed by atoms with van der Waals surface area (Å²) >= 11 is 0. The molecular formula is C23H24F3N3O3. The van der Waals surface area contributed by atoms with Gasteiger partial charge in [-0.3, -0.25) is 9.69 Å². The molecule has 2 aromatic rings. The summed E-state index contributed by atoms with van der Waals surface area (Å²) < 4.78 is 41.5. The highest BCUT2D eigenvalue weighted by Gasteiger charge is 2.33. The van der Waals surface area contributed by atoms with Gasteiger partial charge >= 0.3 is 12.4 Å². The van der Waals surface area contributed by atoms with E-state index in [4.69, 9.17) is 0 Å². The lowest BCUT2D eigenvalue weighted by atomic mass is 10.1. The Bertz CT molecular complexity index is 1020. The van der Waals surface area contributed by atoms with E-state index in [-0.39, 0.29) is 30.2 Å². The summed E-state index contributed by atoms with van der Waals surface area (Å²) in [4.78, 5) is 28.8. The smallest absolute Gasteiger partial charge is 0.406 e. The third-order valence-electron chi connectivity index (χ3n) is 5.47. The number of anilines is 2. The van der Waals surface area contributed by atoms with E-state index < -0.39 is 6.36 Å². The fourth-order valence-electron chi connectivity index (χ4n) is 3.78. The van der Waals surface area contributed by atoms with Gasteiger partial charge in [0.15, 0.2) is 0 Å². The molecule has 1 N–H and O–H groups in total. The third-order valence-corrected chi connectivity index (χ3v) is 5.47. The lowest BCUT2D eigenvalue weighted by Crippen LogP contribution is -2.49. The molecule has 1 saturated heterocycles. The van der Waals surface area contributed by atoms with Gasteiger partial charge in [0, 0.05) is 25.6 Å². The fraction of sp³-hybridized carbons (Fsp3) is 0.391. The van der Waals surface area contributed by atoms with Crippen molar-refractivity contribution in [2.24, 2.45) is 5.92 Å². The van der Waals surface area contributed by atoms with Crippen LogP contribution in [0.4, 0.5) is 29.3 Å². The van der Waals surface area contributed by atoms with Crippen molar-refractivity contribution >= 4 is 23.3 Å². The number of halogens is 3. The number of carbonyl (C=O) groups excluding carboxylic acids is 2. The summed E-state index contributed by atoms with van der Waals surface area (Å²) in [5.74, 6) is -0.331. The van der Waals surface area contributed by atoms with Crippen molar-refractivity contribution in [1.29, 1.82) is 0 Å². The van der Waals surface area contributed by atoms with E-state index >= 15 is 0 Å². The molecule has 0 bridgehead atoms. The summed E-state index contributed by atoms with van der Waals surface area (Å²) in [7, 11) is 0. The van der Waals surface area contributed by atoms with Gasteiger partial charge in [-0.2, -0.15) is 0 Å². The van der Waals surface area contributed by atoms with Crippen LogP contribution in [0.1, 0.15) is 30.4 Å². The molecule has 0 radical (unpaired) electrons. The summed E-state index contributed by atoms with van der Waals surface area (Å²) in [6.45, 7) is 3.04. The first kappa shape index (κ1) is 22.0. The number of nitrogens with one attached hydrogen (secondary N) is 1. The average molecular weight is 447 g/mol. The van der Waals surface area contributed by atoms with E-state index in [0.29, 0.717) is 36.4 Å². The minimum atomic E-state index is -4.77. The van der Waals surface area contributed by atoms with Gasteiger partial charge in [0.05, 0.1) is 11.4 Å². The van der Waals surface area contributed by atoms with Crippen molar-refractivity contribution < 1.29 is 27.5 Å². The van der Waals surface area contributed by atoms with Gasteiger partial charge in [0.25, 0.3) is 0 Å². The molecule has 6 nitrogen and oxygen atoms in total. The van der Waals surface area contributed by atoms with Crippen LogP contribution in [-0.4, -0.2) is 36.3 Å². The Labute approximate surface area is 183 Å². The second-order valence-electron chi connectivity index (χ2n) is 8.19. The number of benzene rings is 2. The molecule has 2 aromatic carbocycles. The maximum absolute atomic E-state index is 13.2. The second kappa shape index (κ2) is 8.72. The Morgan fingerprint density at radius 2 is 1.94 bits per heavy atom. The van der Waals surface area contributed by atoms with Crippen molar-refractivity contribution in [2.45, 2.75) is 39.1 Å². The highest BCUT2D eigenvalue weighted by Crippen LogP contribution is 2.34. The monoisotopic (exact) mass is 447 g/mol. The zero-order valence-corrected chi connectivity index (χ0v) is 17.6. The van der Waals surface area contributed by atoms with E-state index in [1.807, 2.05) is 25.1 Å². The van der Waals surface area contributed by atoms with E-state index in [9.17, 15) is 22.8 Å². The Balaban J connectivity index is 1.52. The molecule has 1 aliphatic heterocycles. The Kier molecular flexibility index (Phi) is 5.99. The fourth-order valence-corrected chi connectivity index (χ4v) is 3.78. The van der Waals surface area contributed by atoms with Gasteiger partial charge in [0.1, 0.15) is 5.75 Å². The number of hydrogen-bond donors (Lipinski definition) is 1. The van der Waals surface area contributed by atoms with Crippen LogP contribution in [0.15, 0.2) is 42.5 Å². The number of aryl methyl sites for hydroxylation is 1. The molecule has 32 heavy (non-hydrogen) atoms. The predicted octanol–water partition coefficient (Wildman–Crippen LogP) is 5.07. The molecule has 170 valence electrons. The lowest BCUT2D eigenvalue weighted by Gasteiger charge is -2.36. The number of carbonyl (C=O) groups is 2. The lowest BCUT2D eigenvalue weighted by molar-refractivity contribution is -0.274. The first-order chi connectivity index (χ1) is 15.2. The van der Waals surface area contributed by atoms with Gasteiger partial charge in [-0.15, -0.1) is 13.2 Å². The number of nitrogens with zero attached hydrogens (tertiary/aromatic N) is 2. The molecule has 0 unspecified atom stereocenters. The van der Waals surface area contributed by atoms with Crippen LogP contribution in [0.3, 0.4) is 0 Å². The van der Waals surface area contributed by atoms with E-state index in [2.05, 4.69) is 10.1 Å². The molecule has 1 aliphatic carbocycles. The Morgan fingerprint density at radius 1 is 1.16 bits per heavy atom. The SMILES string of the molecule is Cc1ccc(N2CCCN(Cc3cccc(OC(F)(F)F)c3)C2=O)c(NC(=O)C2CC2)c1. The van der Waals surface area contributed by atoms with Crippen molar-refractivity contribution in [3.8, 4) is 5.75 Å². The largest absolute Gasteiger partial charge is 0.573 e. The first-order valence-corrected chi connectivity index (χ1v) is 10.5. The molecule has 0 aromatic heterocycles. The van der Waals surface area contributed by atoms with Crippen LogP contribution >= 0.6 is 0 Å². The van der Waals surface area contributed by atoms with Crippen LogP contribution in [-0.2, 0) is 11.3 Å². The van der Waals surface area contributed by atoms with Crippen molar-refractivity contribution in [3.05, 3.63) is 53.6 Å². The minimum absolute atomic E-state index is 0.0307. The zero-order chi connectivity index (χ0) is 22.9. The molecular weight excluding hydrogens is 423 g/mol. The molecule has 4 rings (SSSR count). The van der Waals surface area contributed by atoms with Crippen LogP contribution in [0, 0.1) is 12.8 Å². The summed E-state index contributed by atoms with van der Waals surface area (Å²) in [5, 5.41) is 2.95. The Hall–Kier alpha value is -3.23. The van der Waals surface area contributed by atoms with Crippen LogP contribution in [0.25, 0.3) is 0 Å². The average Bonchev–Trinajstić information content (AvgIpc) is 3.55. The van der Waals surface area contributed by atoms with Crippen molar-refractivity contribution in [2.75, 3.05) is 23.3 Å². The van der Waals surface area contributed by atoms with Gasteiger partial charge < -0.3 is 15.0 Å². The maximum atomic E-state index is 13.2. The van der Waals surface area contributed by atoms with Crippen LogP contribution < -0.4 is 15.0 Å². The second-order valence-corrected chi connectivity index (χ2v) is 8.19. The highest BCUT2D eigenvalue weighted by molar-refractivity contribution is 6.02. The molecule has 2 fully saturated rings. The van der Waals surface area contributed by atoms with E-state index in [0.717, 1.165) is 18.4 Å². The maximum Gasteiger partial charge on any atom is 0.573 e. The normalized spacial score (nSPS) is 16.8. The number of ether oxygens (including phenoxy) is 1. The minimum Gasteiger partial charge on any atom is -0.406 e. The zero-order valence-electron chi connectivity index (χ0n) is 17.6. The molecule has 1 heterocycles. The number of rotatable bonds is 6. The van der Waals surface area contributed by atoms with Gasteiger partial charge in [-0.05, 0) is 61.6 Å². The van der Waals surface area contributed by atoms with Crippen LogP contribution in [0.2, 0.25) is 0 Å². The molecule has 0 spiro atoms. The molecule has 2 aliphatic rings.